The summed E-state index contributed by atoms with van der Waals surface area (Å²) in [6.07, 6.45) is 0. The number of benzene rings is 2. The van der Waals surface area contributed by atoms with Crippen LogP contribution in [0.4, 0.5) is 17.1 Å². The highest BCUT2D eigenvalue weighted by Gasteiger charge is 1.98. The van der Waals surface area contributed by atoms with E-state index in [-0.39, 0.29) is 0 Å². The molecule has 0 unspecified atom stereocenters. The normalized spacial score (nSPS) is 11.3. The number of hydrogen-bond acceptors (Lipinski definition) is 5. The molecule has 0 atom stereocenters. The van der Waals surface area contributed by atoms with Crippen LogP contribution < -0.4 is 4.90 Å². The Hall–Kier alpha value is -2.27. The van der Waals surface area contributed by atoms with Crippen LogP contribution in [0.15, 0.2) is 58.2 Å². The quantitative estimate of drug-likeness (QED) is 0.649. The van der Waals surface area contributed by atoms with Crippen LogP contribution in [0.3, 0.4) is 0 Å². The highest BCUT2D eigenvalue weighted by atomic mass is 32.1. The molecule has 2 aromatic carbocycles. The minimum absolute atomic E-state index is 0.820. The molecule has 20 heavy (non-hydrogen) atoms. The monoisotopic (exact) mass is 282 g/mol. The van der Waals surface area contributed by atoms with Gasteiger partial charge in [0.1, 0.15) is 0 Å². The molecule has 3 aromatic rings. The van der Waals surface area contributed by atoms with Gasteiger partial charge in [-0.1, -0.05) is 0 Å². The summed E-state index contributed by atoms with van der Waals surface area (Å²) in [6, 6.07) is 13.9. The van der Waals surface area contributed by atoms with Gasteiger partial charge >= 0.3 is 0 Å². The van der Waals surface area contributed by atoms with Gasteiger partial charge in [-0.15, -0.1) is 11.3 Å². The zero-order valence-corrected chi connectivity index (χ0v) is 12.1. The Kier molecular flexibility index (Phi) is 3.43. The number of thiazole rings is 1. The summed E-state index contributed by atoms with van der Waals surface area (Å²) >= 11 is 1.63. The topological polar surface area (TPSA) is 40.9 Å². The number of fused-ring (bicyclic) bond motifs is 1. The van der Waals surface area contributed by atoms with Crippen LogP contribution in [0.5, 0.6) is 0 Å². The van der Waals surface area contributed by atoms with E-state index < -0.39 is 0 Å². The SMILES string of the molecule is CN(C)c1ccc(N=Nc2ccc3scnc3c2)cc1. The summed E-state index contributed by atoms with van der Waals surface area (Å²) in [7, 11) is 4.03. The van der Waals surface area contributed by atoms with Crippen LogP contribution in [0.1, 0.15) is 0 Å². The molecular formula is C15H14N4S. The predicted molar refractivity (Wildman–Crippen MR) is 84.6 cm³/mol. The van der Waals surface area contributed by atoms with Gasteiger partial charge in [0, 0.05) is 19.8 Å². The maximum absolute atomic E-state index is 4.28. The zero-order valence-electron chi connectivity index (χ0n) is 11.3. The van der Waals surface area contributed by atoms with Crippen molar-refractivity contribution < 1.29 is 0 Å². The van der Waals surface area contributed by atoms with Gasteiger partial charge in [0.05, 0.1) is 27.1 Å². The Morgan fingerprint density at radius 3 is 2.40 bits per heavy atom. The second kappa shape index (κ2) is 5.38. The van der Waals surface area contributed by atoms with Gasteiger partial charge in [-0.3, -0.25) is 0 Å². The maximum Gasteiger partial charge on any atom is 0.0879 e. The average molecular weight is 282 g/mol. The van der Waals surface area contributed by atoms with Crippen LogP contribution in [0, 0.1) is 0 Å². The van der Waals surface area contributed by atoms with E-state index in [1.807, 2.05) is 62.1 Å². The van der Waals surface area contributed by atoms with Crippen molar-refractivity contribution in [1.82, 2.24) is 4.98 Å². The Bertz CT molecular complexity index is 744. The van der Waals surface area contributed by atoms with Crippen LogP contribution in [0.2, 0.25) is 0 Å². The predicted octanol–water partition coefficient (Wildman–Crippen LogP) is 4.78. The minimum Gasteiger partial charge on any atom is -0.378 e. The average Bonchev–Trinajstić information content (AvgIpc) is 2.93. The molecule has 0 amide bonds. The Labute approximate surface area is 121 Å². The van der Waals surface area contributed by atoms with E-state index in [1.54, 1.807) is 11.3 Å². The van der Waals surface area contributed by atoms with Crippen molar-refractivity contribution in [2.24, 2.45) is 10.2 Å². The van der Waals surface area contributed by atoms with E-state index in [4.69, 9.17) is 0 Å². The third-order valence-electron chi connectivity index (χ3n) is 2.96. The highest BCUT2D eigenvalue weighted by molar-refractivity contribution is 7.16. The van der Waals surface area contributed by atoms with E-state index >= 15 is 0 Å². The fourth-order valence-electron chi connectivity index (χ4n) is 1.84. The second-order valence-electron chi connectivity index (χ2n) is 4.62. The van der Waals surface area contributed by atoms with E-state index in [2.05, 4.69) is 20.1 Å². The summed E-state index contributed by atoms with van der Waals surface area (Å²) in [5.41, 5.74) is 5.61. The fraction of sp³-hybridized carbons (Fsp3) is 0.133. The van der Waals surface area contributed by atoms with Gasteiger partial charge in [0.15, 0.2) is 0 Å². The summed E-state index contributed by atoms with van der Waals surface area (Å²) in [5.74, 6) is 0. The first kappa shape index (κ1) is 12.7. The first-order chi connectivity index (χ1) is 9.72. The molecule has 1 aromatic heterocycles. The molecule has 0 saturated heterocycles. The zero-order chi connectivity index (χ0) is 13.9. The van der Waals surface area contributed by atoms with Crippen LogP contribution in [-0.4, -0.2) is 19.1 Å². The molecule has 0 N–H and O–H groups in total. The van der Waals surface area contributed by atoms with E-state index in [0.717, 1.165) is 22.6 Å². The van der Waals surface area contributed by atoms with E-state index in [9.17, 15) is 0 Å². The molecule has 0 aliphatic carbocycles. The number of aromatic nitrogens is 1. The molecule has 0 fully saturated rings. The number of nitrogens with zero attached hydrogens (tertiary/aromatic N) is 4. The van der Waals surface area contributed by atoms with Crippen molar-refractivity contribution >= 4 is 38.6 Å². The Balaban J connectivity index is 1.82. The summed E-state index contributed by atoms with van der Waals surface area (Å²) in [5, 5.41) is 8.51. The van der Waals surface area contributed by atoms with E-state index in [0.29, 0.717) is 0 Å². The van der Waals surface area contributed by atoms with Crippen LogP contribution in [0.25, 0.3) is 10.2 Å². The van der Waals surface area contributed by atoms with Gasteiger partial charge in [-0.2, -0.15) is 10.2 Å². The molecule has 5 heteroatoms. The Morgan fingerprint density at radius 1 is 0.950 bits per heavy atom. The lowest BCUT2D eigenvalue weighted by molar-refractivity contribution is 1.13. The van der Waals surface area contributed by atoms with Gasteiger partial charge < -0.3 is 4.90 Å². The van der Waals surface area contributed by atoms with Crippen molar-refractivity contribution in [2.75, 3.05) is 19.0 Å². The number of azo groups is 1. The number of hydrogen-bond donors (Lipinski definition) is 0. The molecule has 0 bridgehead atoms. The molecule has 3 rings (SSSR count). The van der Waals surface area contributed by atoms with Crippen LogP contribution >= 0.6 is 11.3 Å². The van der Waals surface area contributed by atoms with Crippen LogP contribution in [-0.2, 0) is 0 Å². The number of anilines is 1. The lowest BCUT2D eigenvalue weighted by atomic mass is 10.3. The van der Waals surface area contributed by atoms with E-state index in [1.165, 1.54) is 4.70 Å². The largest absolute Gasteiger partial charge is 0.378 e. The molecule has 0 spiro atoms. The van der Waals surface area contributed by atoms with Gasteiger partial charge in [0.2, 0.25) is 0 Å². The lowest BCUT2D eigenvalue weighted by Crippen LogP contribution is -2.07. The smallest absolute Gasteiger partial charge is 0.0879 e. The standard InChI is InChI=1S/C15H14N4S/c1-19(2)13-6-3-11(4-7-13)17-18-12-5-8-15-14(9-12)16-10-20-15/h3-10H,1-2H3. The maximum atomic E-state index is 4.28. The van der Waals surface area contributed by atoms with Crippen molar-refractivity contribution in [3.63, 3.8) is 0 Å². The molecule has 0 aliphatic rings. The summed E-state index contributed by atoms with van der Waals surface area (Å²) < 4.78 is 1.17. The molecule has 1 heterocycles. The molecule has 100 valence electrons. The minimum atomic E-state index is 0.820. The third kappa shape index (κ3) is 2.67. The van der Waals surface area contributed by atoms with Gasteiger partial charge in [0.25, 0.3) is 0 Å². The summed E-state index contributed by atoms with van der Waals surface area (Å²) in [4.78, 5) is 6.33. The third-order valence-corrected chi connectivity index (χ3v) is 3.77. The first-order valence-corrected chi connectivity index (χ1v) is 7.13. The summed E-state index contributed by atoms with van der Waals surface area (Å²) in [6.45, 7) is 0. The van der Waals surface area contributed by atoms with Crippen molar-refractivity contribution in [3.8, 4) is 0 Å². The fourth-order valence-corrected chi connectivity index (χ4v) is 2.50. The Morgan fingerprint density at radius 2 is 1.65 bits per heavy atom. The molecule has 0 radical (unpaired) electrons. The van der Waals surface area contributed by atoms with Crippen molar-refractivity contribution in [2.45, 2.75) is 0 Å². The molecular weight excluding hydrogens is 268 g/mol. The van der Waals surface area contributed by atoms with Crippen molar-refractivity contribution in [3.05, 3.63) is 48.0 Å². The second-order valence-corrected chi connectivity index (χ2v) is 5.50. The number of rotatable bonds is 3. The van der Waals surface area contributed by atoms with Crippen molar-refractivity contribution in [1.29, 1.82) is 0 Å². The molecule has 0 aliphatic heterocycles. The highest BCUT2D eigenvalue weighted by Crippen LogP contribution is 2.25. The van der Waals surface area contributed by atoms with Gasteiger partial charge in [-0.05, 0) is 42.5 Å². The first-order valence-electron chi connectivity index (χ1n) is 6.25. The van der Waals surface area contributed by atoms with Gasteiger partial charge in [-0.25, -0.2) is 4.98 Å². The lowest BCUT2D eigenvalue weighted by Gasteiger charge is -2.11. The molecule has 0 saturated carbocycles. The molecule has 4 nitrogen and oxygen atoms in total.